The van der Waals surface area contributed by atoms with Crippen molar-refractivity contribution in [3.05, 3.63) is 178 Å². The smallest absolute Gasteiger partial charge is 0.309 e. The highest BCUT2D eigenvalue weighted by Crippen LogP contribution is 2.46. The van der Waals surface area contributed by atoms with E-state index < -0.39 is 11.7 Å². The SMILES string of the molecule is [C-]#[N+]c1ccc2c(c1)c1cc(C#N)ccc1n2-c1ccc(-c2c(C)cccc2C(F)(F)F)cc1-c1ccc(C#N)cc1-n1c2ccc(C#N)cc2c2cc([N+]#[C-])ccc21. The minimum Gasteiger partial charge on any atom is -0.309 e. The largest absolute Gasteiger partial charge is 0.417 e. The van der Waals surface area contributed by atoms with Gasteiger partial charge in [0.15, 0.2) is 11.4 Å². The molecule has 0 aliphatic rings. The summed E-state index contributed by atoms with van der Waals surface area (Å²) < 4.78 is 48.1. The van der Waals surface area contributed by atoms with Gasteiger partial charge in [0.2, 0.25) is 0 Å². The van der Waals surface area contributed by atoms with Crippen molar-refractivity contribution < 1.29 is 13.2 Å². The number of hydrogen-bond acceptors (Lipinski definition) is 3. The Morgan fingerprint density at radius 3 is 1.54 bits per heavy atom. The molecule has 0 fully saturated rings. The normalized spacial score (nSPS) is 11.3. The van der Waals surface area contributed by atoms with Gasteiger partial charge in [0.25, 0.3) is 0 Å². The summed E-state index contributed by atoms with van der Waals surface area (Å²) in [7, 11) is 0. The maximum Gasteiger partial charge on any atom is 0.417 e. The lowest BCUT2D eigenvalue weighted by Crippen LogP contribution is -2.08. The first-order valence-corrected chi connectivity index (χ1v) is 18.1. The van der Waals surface area contributed by atoms with Crippen LogP contribution >= 0.6 is 0 Å². The Hall–Kier alpha value is -8.62. The van der Waals surface area contributed by atoms with E-state index in [0.29, 0.717) is 105 Å². The maximum absolute atomic E-state index is 14.7. The topological polar surface area (TPSA) is 90.0 Å². The van der Waals surface area contributed by atoms with Crippen LogP contribution in [0, 0.1) is 54.1 Å². The molecule has 0 amide bonds. The van der Waals surface area contributed by atoms with Crippen LogP contribution in [0.1, 0.15) is 27.8 Å². The van der Waals surface area contributed by atoms with Crippen LogP contribution in [0.25, 0.3) is 86.9 Å². The minimum absolute atomic E-state index is 0.0261. The van der Waals surface area contributed by atoms with Crippen LogP contribution in [0.4, 0.5) is 24.5 Å². The molecule has 7 nitrogen and oxygen atoms in total. The van der Waals surface area contributed by atoms with Crippen molar-refractivity contribution in [1.82, 2.24) is 9.13 Å². The Morgan fingerprint density at radius 1 is 0.525 bits per heavy atom. The fraction of sp³-hybridized carbons (Fsp3) is 0.0408. The molecule has 59 heavy (non-hydrogen) atoms. The second-order valence-corrected chi connectivity index (χ2v) is 14.1. The number of rotatable bonds is 4. The minimum atomic E-state index is -4.65. The van der Waals surface area contributed by atoms with Crippen molar-refractivity contribution in [3.8, 4) is 51.8 Å². The standard InChI is InChI=1S/C49H24F3N7/c1-28-5-4-6-41(49(50,51)52)48(28)32-10-16-44(58-42-14-8-29(25-53)19-36(42)39-23-33(56-2)11-17-45(39)58)38(22-32)35-13-7-31(27-55)21-47(35)59-43-15-9-30(26-54)20-37(43)40-24-34(57-3)12-18-46(40)59/h4-24H,1H3. The number of halogens is 3. The van der Waals surface area contributed by atoms with Crippen LogP contribution < -0.4 is 0 Å². The van der Waals surface area contributed by atoms with Crippen molar-refractivity contribution in [2.45, 2.75) is 13.1 Å². The summed E-state index contributed by atoms with van der Waals surface area (Å²) in [4.78, 5) is 7.29. The number of nitrogens with zero attached hydrogens (tertiary/aromatic N) is 7. The summed E-state index contributed by atoms with van der Waals surface area (Å²) in [5.41, 5.74) is 6.92. The third-order valence-corrected chi connectivity index (χ3v) is 10.8. The molecule has 0 N–H and O–H groups in total. The predicted octanol–water partition coefficient (Wildman–Crippen LogP) is 13.3. The van der Waals surface area contributed by atoms with Crippen molar-refractivity contribution >= 4 is 55.0 Å². The molecule has 0 atom stereocenters. The van der Waals surface area contributed by atoms with Gasteiger partial charge in [-0.1, -0.05) is 36.4 Å². The highest BCUT2D eigenvalue weighted by Gasteiger charge is 2.34. The second kappa shape index (κ2) is 13.5. The Labute approximate surface area is 335 Å². The first-order valence-electron chi connectivity index (χ1n) is 18.1. The first-order chi connectivity index (χ1) is 28.6. The molecule has 0 spiro atoms. The summed E-state index contributed by atoms with van der Waals surface area (Å²) in [5.74, 6) is 0. The molecule has 0 aliphatic heterocycles. The summed E-state index contributed by atoms with van der Waals surface area (Å²) in [5, 5.41) is 32.8. The number of benzene rings is 7. The van der Waals surface area contributed by atoms with Gasteiger partial charge in [-0.25, -0.2) is 9.69 Å². The number of aryl methyl sites for hydroxylation is 1. The molecule has 10 heteroatoms. The molecule has 7 aromatic carbocycles. The van der Waals surface area contributed by atoms with E-state index in [1.165, 1.54) is 6.07 Å². The highest BCUT2D eigenvalue weighted by molar-refractivity contribution is 6.13. The van der Waals surface area contributed by atoms with Gasteiger partial charge in [-0.2, -0.15) is 29.0 Å². The van der Waals surface area contributed by atoms with Gasteiger partial charge in [-0.15, -0.1) is 0 Å². The van der Waals surface area contributed by atoms with Gasteiger partial charge in [-0.05, 0) is 125 Å². The van der Waals surface area contributed by atoms with Crippen molar-refractivity contribution in [2.24, 2.45) is 0 Å². The third-order valence-electron chi connectivity index (χ3n) is 10.8. The van der Waals surface area contributed by atoms with E-state index in [0.717, 1.165) is 6.07 Å². The molecule has 0 bridgehead atoms. The van der Waals surface area contributed by atoms with E-state index in [2.05, 4.69) is 27.9 Å². The average molecular weight is 768 g/mol. The molecule has 0 saturated heterocycles. The van der Waals surface area contributed by atoms with Gasteiger partial charge in [0, 0.05) is 21.9 Å². The average Bonchev–Trinajstić information content (AvgIpc) is 3.76. The number of hydrogen-bond donors (Lipinski definition) is 0. The van der Waals surface area contributed by atoms with Crippen molar-refractivity contribution in [3.63, 3.8) is 0 Å². The molecule has 9 rings (SSSR count). The van der Waals surface area contributed by atoms with Crippen molar-refractivity contribution in [2.75, 3.05) is 0 Å². The van der Waals surface area contributed by atoms with E-state index in [4.69, 9.17) is 13.1 Å². The summed E-state index contributed by atoms with van der Waals surface area (Å²) in [6.45, 7) is 17.1. The molecular formula is C49H24F3N7. The van der Waals surface area contributed by atoms with Gasteiger partial charge in [0.05, 0.1) is 87.0 Å². The molecule has 0 saturated carbocycles. The Bertz CT molecular complexity index is 3370. The molecule has 2 heterocycles. The van der Waals surface area contributed by atoms with Crippen LogP contribution in [0.2, 0.25) is 0 Å². The van der Waals surface area contributed by atoms with Crippen LogP contribution in [-0.2, 0) is 6.18 Å². The van der Waals surface area contributed by atoms with Gasteiger partial charge in [-0.3, -0.25) is 0 Å². The number of nitriles is 3. The van der Waals surface area contributed by atoms with E-state index in [1.54, 1.807) is 97.9 Å². The van der Waals surface area contributed by atoms with Crippen LogP contribution in [0.3, 0.4) is 0 Å². The zero-order chi connectivity index (χ0) is 41.2. The van der Waals surface area contributed by atoms with Gasteiger partial charge >= 0.3 is 6.18 Å². The summed E-state index contributed by atoms with van der Waals surface area (Å²) in [6.07, 6.45) is -4.65. The molecule has 0 unspecified atom stereocenters. The number of alkyl halides is 3. The molecule has 2 aromatic heterocycles. The summed E-state index contributed by atoms with van der Waals surface area (Å²) in [6, 6.07) is 42.2. The highest BCUT2D eigenvalue weighted by atomic mass is 19.4. The molecule has 0 aliphatic carbocycles. The van der Waals surface area contributed by atoms with E-state index in [9.17, 15) is 29.0 Å². The number of aromatic nitrogens is 2. The number of fused-ring (bicyclic) bond motifs is 6. The Morgan fingerprint density at radius 2 is 1.02 bits per heavy atom. The second-order valence-electron chi connectivity index (χ2n) is 14.1. The first kappa shape index (κ1) is 36.0. The molecule has 276 valence electrons. The monoisotopic (exact) mass is 767 g/mol. The lowest BCUT2D eigenvalue weighted by Gasteiger charge is -2.21. The van der Waals surface area contributed by atoms with Gasteiger partial charge < -0.3 is 9.13 Å². The van der Waals surface area contributed by atoms with Crippen molar-refractivity contribution in [1.29, 1.82) is 15.8 Å². The van der Waals surface area contributed by atoms with E-state index in [-0.39, 0.29) is 5.56 Å². The quantitative estimate of drug-likeness (QED) is 0.167. The predicted molar refractivity (Wildman–Crippen MR) is 222 cm³/mol. The zero-order valence-electron chi connectivity index (χ0n) is 30.9. The maximum atomic E-state index is 14.7. The van der Waals surface area contributed by atoms with E-state index in [1.807, 2.05) is 33.4 Å². The molecule has 9 aromatic rings. The van der Waals surface area contributed by atoms with Crippen LogP contribution in [0.15, 0.2) is 127 Å². The Balaban J connectivity index is 1.45. The fourth-order valence-electron chi connectivity index (χ4n) is 8.22. The lowest BCUT2D eigenvalue weighted by atomic mass is 9.90. The lowest BCUT2D eigenvalue weighted by molar-refractivity contribution is -0.137. The van der Waals surface area contributed by atoms with Crippen LogP contribution in [-0.4, -0.2) is 9.13 Å². The third kappa shape index (κ3) is 5.71. The molecule has 0 radical (unpaired) electrons. The summed E-state index contributed by atoms with van der Waals surface area (Å²) >= 11 is 0. The van der Waals surface area contributed by atoms with E-state index >= 15 is 0 Å². The fourth-order valence-corrected chi connectivity index (χ4v) is 8.22. The zero-order valence-corrected chi connectivity index (χ0v) is 30.9. The van der Waals surface area contributed by atoms with Crippen LogP contribution in [0.5, 0.6) is 0 Å². The Kier molecular flexibility index (Phi) is 8.27. The van der Waals surface area contributed by atoms with Gasteiger partial charge in [0.1, 0.15) is 0 Å². The molecular weight excluding hydrogens is 744 g/mol.